The van der Waals surface area contributed by atoms with Gasteiger partial charge in [0.1, 0.15) is 19.3 Å². The molecular formula is C84H164O17P2. The third-order valence-electron chi connectivity index (χ3n) is 20.0. The summed E-state index contributed by atoms with van der Waals surface area (Å²) in [6.07, 6.45) is 64.1. The van der Waals surface area contributed by atoms with Crippen LogP contribution in [0, 0.1) is 17.8 Å². The second-order valence-electron chi connectivity index (χ2n) is 31.4. The molecule has 0 spiro atoms. The van der Waals surface area contributed by atoms with Gasteiger partial charge in [-0.2, -0.15) is 0 Å². The van der Waals surface area contributed by atoms with Gasteiger partial charge in [-0.15, -0.1) is 0 Å². The molecule has 0 fully saturated rings. The Morgan fingerprint density at radius 2 is 0.495 bits per heavy atom. The molecule has 0 amide bonds. The van der Waals surface area contributed by atoms with Crippen molar-refractivity contribution in [3.63, 3.8) is 0 Å². The number of phosphoric acid groups is 2. The average Bonchev–Trinajstić information content (AvgIpc) is 1.06. The number of unbranched alkanes of at least 4 members (excludes halogenated alkanes) is 49. The molecule has 612 valence electrons. The summed E-state index contributed by atoms with van der Waals surface area (Å²) < 4.78 is 68.7. The van der Waals surface area contributed by atoms with Gasteiger partial charge in [-0.1, -0.05) is 389 Å². The van der Waals surface area contributed by atoms with Crippen LogP contribution in [0.3, 0.4) is 0 Å². The second kappa shape index (κ2) is 74.2. The van der Waals surface area contributed by atoms with Gasteiger partial charge in [0.2, 0.25) is 0 Å². The van der Waals surface area contributed by atoms with Gasteiger partial charge in [0.25, 0.3) is 0 Å². The van der Waals surface area contributed by atoms with Crippen molar-refractivity contribution in [2.24, 2.45) is 17.8 Å². The lowest BCUT2D eigenvalue weighted by atomic mass is 9.99. The molecule has 3 N–H and O–H groups in total. The Balaban J connectivity index is 5.17. The van der Waals surface area contributed by atoms with Crippen LogP contribution in [-0.2, 0) is 65.4 Å². The summed E-state index contributed by atoms with van der Waals surface area (Å²) >= 11 is 0. The number of carbonyl (C=O) groups is 4. The molecule has 19 heteroatoms. The lowest BCUT2D eigenvalue weighted by molar-refractivity contribution is -0.161. The van der Waals surface area contributed by atoms with E-state index in [9.17, 15) is 43.2 Å². The predicted octanol–water partition coefficient (Wildman–Crippen LogP) is 25.3. The Kier molecular flexibility index (Phi) is 72.8. The highest BCUT2D eigenvalue weighted by Gasteiger charge is 2.30. The minimum absolute atomic E-state index is 0.105. The average molecular weight is 1510 g/mol. The lowest BCUT2D eigenvalue weighted by Gasteiger charge is -2.21. The van der Waals surface area contributed by atoms with Crippen molar-refractivity contribution in [2.75, 3.05) is 39.6 Å². The highest BCUT2D eigenvalue weighted by molar-refractivity contribution is 7.47. The molecule has 0 aliphatic rings. The molecule has 3 unspecified atom stereocenters. The molecule has 0 aromatic rings. The van der Waals surface area contributed by atoms with E-state index in [1.807, 2.05) is 0 Å². The van der Waals surface area contributed by atoms with Gasteiger partial charge in [-0.05, 0) is 43.4 Å². The van der Waals surface area contributed by atoms with E-state index in [4.69, 9.17) is 37.0 Å². The molecule has 0 radical (unpaired) electrons. The van der Waals surface area contributed by atoms with Gasteiger partial charge in [0.05, 0.1) is 26.4 Å². The van der Waals surface area contributed by atoms with Gasteiger partial charge in [0, 0.05) is 25.7 Å². The Morgan fingerprint density at radius 1 is 0.282 bits per heavy atom. The van der Waals surface area contributed by atoms with E-state index in [-0.39, 0.29) is 25.7 Å². The number of aliphatic hydroxyl groups is 1. The summed E-state index contributed by atoms with van der Waals surface area (Å²) in [6.45, 7) is 12.0. The van der Waals surface area contributed by atoms with Crippen molar-refractivity contribution < 1.29 is 80.2 Å². The summed E-state index contributed by atoms with van der Waals surface area (Å²) in [6, 6.07) is 0. The first-order valence-electron chi connectivity index (χ1n) is 43.4. The quantitative estimate of drug-likeness (QED) is 0.0222. The number of esters is 4. The molecule has 0 heterocycles. The Bertz CT molecular complexity index is 1990. The smallest absolute Gasteiger partial charge is 0.462 e. The zero-order valence-corrected chi connectivity index (χ0v) is 69.6. The number of carbonyl (C=O) groups excluding carboxylic acids is 4. The maximum atomic E-state index is 13.1. The first-order valence-corrected chi connectivity index (χ1v) is 46.4. The highest BCUT2D eigenvalue weighted by Crippen LogP contribution is 2.45. The summed E-state index contributed by atoms with van der Waals surface area (Å²) in [5.74, 6) is 0.301. The maximum absolute atomic E-state index is 13.1. The van der Waals surface area contributed by atoms with Crippen LogP contribution < -0.4 is 0 Å². The van der Waals surface area contributed by atoms with Crippen LogP contribution >= 0.6 is 15.6 Å². The van der Waals surface area contributed by atoms with Crippen molar-refractivity contribution in [1.82, 2.24) is 0 Å². The van der Waals surface area contributed by atoms with Crippen LogP contribution in [0.5, 0.6) is 0 Å². The van der Waals surface area contributed by atoms with Gasteiger partial charge in [0.15, 0.2) is 12.2 Å². The van der Waals surface area contributed by atoms with E-state index in [1.165, 1.54) is 250 Å². The topological polar surface area (TPSA) is 237 Å². The minimum Gasteiger partial charge on any atom is -0.462 e. The van der Waals surface area contributed by atoms with Crippen molar-refractivity contribution in [2.45, 2.75) is 458 Å². The molecule has 17 nitrogen and oxygen atoms in total. The molecule has 6 atom stereocenters. The number of hydrogen-bond donors (Lipinski definition) is 3. The molecule has 0 saturated heterocycles. The van der Waals surface area contributed by atoms with Crippen molar-refractivity contribution in [3.8, 4) is 0 Å². The first-order chi connectivity index (χ1) is 49.8. The fourth-order valence-electron chi connectivity index (χ4n) is 13.0. The second-order valence-corrected chi connectivity index (χ2v) is 34.3. The third-order valence-corrected chi connectivity index (χ3v) is 21.9. The molecule has 0 aliphatic heterocycles. The largest absolute Gasteiger partial charge is 0.472 e. The monoisotopic (exact) mass is 1510 g/mol. The van der Waals surface area contributed by atoms with Crippen LogP contribution in [0.15, 0.2) is 0 Å². The van der Waals surface area contributed by atoms with Gasteiger partial charge < -0.3 is 33.8 Å². The first kappa shape index (κ1) is 101. The SMILES string of the molecule is CCCCCCCCCCCC(=O)OC[C@H](COP(=O)(O)OC[C@H](O)COP(=O)(O)OC[C@@H](COC(=O)CCCCCCCCCCCCCCCCCCCCC(C)C)OC(=O)CCCCCCCCCCCCCCCCCCCCC(C)CC)OC(=O)CCCCCCCCCCC(C)C. The Labute approximate surface area is 632 Å². The van der Waals surface area contributed by atoms with E-state index in [0.717, 1.165) is 108 Å². The molecule has 0 aromatic heterocycles. The maximum Gasteiger partial charge on any atom is 0.472 e. The molecule has 0 saturated carbocycles. The van der Waals surface area contributed by atoms with Gasteiger partial charge in [-0.3, -0.25) is 37.3 Å². The molecule has 103 heavy (non-hydrogen) atoms. The number of ether oxygens (including phenoxy) is 4. The van der Waals surface area contributed by atoms with Crippen LogP contribution in [0.25, 0.3) is 0 Å². The van der Waals surface area contributed by atoms with E-state index < -0.39 is 97.5 Å². The third kappa shape index (κ3) is 76.6. The van der Waals surface area contributed by atoms with Crippen molar-refractivity contribution >= 4 is 39.5 Å². The van der Waals surface area contributed by atoms with E-state index in [0.29, 0.717) is 25.7 Å². The number of hydrogen-bond acceptors (Lipinski definition) is 15. The molecule has 0 aromatic carbocycles. The molecule has 0 bridgehead atoms. The minimum atomic E-state index is -4.96. The number of phosphoric ester groups is 2. The van der Waals surface area contributed by atoms with Crippen LogP contribution in [0.1, 0.15) is 440 Å². The lowest BCUT2D eigenvalue weighted by Crippen LogP contribution is -2.30. The number of rotatable bonds is 82. The zero-order valence-electron chi connectivity index (χ0n) is 67.8. The molecular weight excluding hydrogens is 1340 g/mol. The number of aliphatic hydroxyl groups excluding tert-OH is 1. The van der Waals surface area contributed by atoms with Gasteiger partial charge in [-0.25, -0.2) is 9.13 Å². The predicted molar refractivity (Wildman–Crippen MR) is 423 cm³/mol. The standard InChI is InChI=1S/C84H164O17P2/c1-8-10-11-12-13-34-44-51-58-65-81(86)94-71-80(101-84(89)68-61-54-47-40-39-42-49-56-63-76(5)6)74-99-103(92,93)97-70-78(85)69-96-102(90,91)98-73-79(72-95-82(87)66-59-52-45-37-32-28-24-20-16-14-18-22-26-30-35-41-48-55-62-75(3)4)100-83(88)67-60-53-46-38-33-29-25-21-17-15-19-23-27-31-36-43-50-57-64-77(7)9-2/h75-80,85H,8-74H2,1-7H3,(H,90,91)(H,92,93)/t77?,78-,79-,80-/m1/s1. The van der Waals surface area contributed by atoms with Crippen molar-refractivity contribution in [1.29, 1.82) is 0 Å². The van der Waals surface area contributed by atoms with E-state index >= 15 is 0 Å². The summed E-state index contributed by atoms with van der Waals surface area (Å²) in [5.41, 5.74) is 0. The summed E-state index contributed by atoms with van der Waals surface area (Å²) in [4.78, 5) is 73.0. The molecule has 0 rings (SSSR count). The summed E-state index contributed by atoms with van der Waals surface area (Å²) in [5, 5.41) is 10.6. The van der Waals surface area contributed by atoms with E-state index in [2.05, 4.69) is 48.5 Å². The Morgan fingerprint density at radius 3 is 0.738 bits per heavy atom. The highest BCUT2D eigenvalue weighted by atomic mass is 31.2. The normalized spacial score (nSPS) is 14.2. The van der Waals surface area contributed by atoms with E-state index in [1.54, 1.807) is 0 Å². The van der Waals surface area contributed by atoms with Gasteiger partial charge >= 0.3 is 39.5 Å². The zero-order chi connectivity index (χ0) is 75.8. The van der Waals surface area contributed by atoms with Crippen molar-refractivity contribution in [3.05, 3.63) is 0 Å². The fourth-order valence-corrected chi connectivity index (χ4v) is 14.6. The Hall–Kier alpha value is -1.94. The molecule has 0 aliphatic carbocycles. The fraction of sp³-hybridized carbons (Fsp3) is 0.952. The van der Waals surface area contributed by atoms with Crippen LogP contribution in [0.4, 0.5) is 0 Å². The summed E-state index contributed by atoms with van der Waals surface area (Å²) in [7, 11) is -9.92. The van der Waals surface area contributed by atoms with Crippen LogP contribution in [-0.4, -0.2) is 96.7 Å². The van der Waals surface area contributed by atoms with Crippen LogP contribution in [0.2, 0.25) is 0 Å².